The molecular formula is C19H24N4O2S. The minimum atomic E-state index is -0.0478. The van der Waals surface area contributed by atoms with Gasteiger partial charge in [-0.3, -0.25) is 4.98 Å². The minimum Gasteiger partial charge on any atom is -0.395 e. The number of thiocarbonyl (C=S) groups is 1. The Balaban J connectivity index is 1.68. The first-order valence-electron chi connectivity index (χ1n) is 9.13. The zero-order chi connectivity index (χ0) is 17.9. The molecule has 7 heteroatoms. The lowest BCUT2D eigenvalue weighted by Crippen LogP contribution is -2.33. The van der Waals surface area contributed by atoms with Crippen molar-refractivity contribution < 1.29 is 9.84 Å². The van der Waals surface area contributed by atoms with E-state index in [0.717, 1.165) is 37.4 Å². The molecule has 0 unspecified atom stereocenters. The summed E-state index contributed by atoms with van der Waals surface area (Å²) in [4.78, 5) is 6.60. The summed E-state index contributed by atoms with van der Waals surface area (Å²) in [6.07, 6.45) is 6.40. The van der Waals surface area contributed by atoms with Crippen molar-refractivity contribution in [2.45, 2.75) is 37.6 Å². The summed E-state index contributed by atoms with van der Waals surface area (Å²) < 4.78 is 8.08. The monoisotopic (exact) mass is 372 g/mol. The number of nitrogens with one attached hydrogen (secondary N) is 1. The van der Waals surface area contributed by atoms with Crippen molar-refractivity contribution in [3.8, 4) is 0 Å². The molecule has 2 saturated heterocycles. The number of aliphatic hydroxyl groups excluding tert-OH is 1. The lowest BCUT2D eigenvalue weighted by Gasteiger charge is -2.28. The highest BCUT2D eigenvalue weighted by atomic mass is 32.1. The Labute approximate surface area is 158 Å². The molecule has 0 saturated carbocycles. The van der Waals surface area contributed by atoms with Crippen molar-refractivity contribution in [1.82, 2.24) is 19.8 Å². The van der Waals surface area contributed by atoms with E-state index >= 15 is 0 Å². The highest BCUT2D eigenvalue weighted by molar-refractivity contribution is 7.80. The molecule has 0 radical (unpaired) electrons. The summed E-state index contributed by atoms with van der Waals surface area (Å²) >= 11 is 5.56. The molecule has 3 atom stereocenters. The molecule has 26 heavy (non-hydrogen) atoms. The standard InChI is InChI=1S/C19H24N4O2S/c24-11-10-23-18(17(21-19(23)26)15-6-1-2-8-20-15)16-7-3-9-22(16)13-14-5-4-12-25-14/h1-3,6-9,14,17-18,24H,4-5,10-13H2,(H,21,26)/t14-,17+,18+/m0/s1. The zero-order valence-corrected chi connectivity index (χ0v) is 15.4. The summed E-state index contributed by atoms with van der Waals surface area (Å²) in [5, 5.41) is 13.6. The van der Waals surface area contributed by atoms with Crippen LogP contribution in [0.4, 0.5) is 0 Å². The first-order valence-corrected chi connectivity index (χ1v) is 9.54. The number of aromatic nitrogens is 2. The van der Waals surface area contributed by atoms with Crippen LogP contribution < -0.4 is 5.32 Å². The Morgan fingerprint density at radius 3 is 2.96 bits per heavy atom. The van der Waals surface area contributed by atoms with Gasteiger partial charge in [0, 0.05) is 37.8 Å². The number of nitrogens with zero attached hydrogens (tertiary/aromatic N) is 3. The number of ether oxygens (including phenoxy) is 1. The van der Waals surface area contributed by atoms with Gasteiger partial charge in [0.2, 0.25) is 0 Å². The maximum absolute atomic E-state index is 9.54. The average molecular weight is 372 g/mol. The van der Waals surface area contributed by atoms with Crippen LogP contribution in [-0.2, 0) is 11.3 Å². The van der Waals surface area contributed by atoms with Crippen molar-refractivity contribution in [3.05, 3.63) is 54.1 Å². The molecule has 2 aromatic heterocycles. The molecular weight excluding hydrogens is 348 g/mol. The number of β-amino-alcohol motifs (C(OH)–C–C–N with tert-alkyl or cyclic N) is 1. The van der Waals surface area contributed by atoms with Gasteiger partial charge in [-0.15, -0.1) is 0 Å². The number of pyridine rings is 1. The lowest BCUT2D eigenvalue weighted by atomic mass is 10.0. The van der Waals surface area contributed by atoms with Gasteiger partial charge in [0.1, 0.15) is 0 Å². The normalized spacial score (nSPS) is 25.7. The number of aliphatic hydroxyl groups is 1. The van der Waals surface area contributed by atoms with Gasteiger partial charge in [-0.1, -0.05) is 6.07 Å². The lowest BCUT2D eigenvalue weighted by molar-refractivity contribution is 0.0951. The zero-order valence-electron chi connectivity index (χ0n) is 14.6. The molecule has 0 aromatic carbocycles. The van der Waals surface area contributed by atoms with Crippen LogP contribution in [0.5, 0.6) is 0 Å². The van der Waals surface area contributed by atoms with E-state index in [1.165, 1.54) is 0 Å². The van der Waals surface area contributed by atoms with Crippen molar-refractivity contribution in [1.29, 1.82) is 0 Å². The van der Waals surface area contributed by atoms with E-state index in [-0.39, 0.29) is 24.8 Å². The van der Waals surface area contributed by atoms with E-state index < -0.39 is 0 Å². The molecule has 2 N–H and O–H groups in total. The summed E-state index contributed by atoms with van der Waals surface area (Å²) in [6, 6.07) is 10.1. The van der Waals surface area contributed by atoms with E-state index in [1.54, 1.807) is 6.20 Å². The average Bonchev–Trinajstić information content (AvgIpc) is 3.39. The summed E-state index contributed by atoms with van der Waals surface area (Å²) in [5.41, 5.74) is 2.11. The summed E-state index contributed by atoms with van der Waals surface area (Å²) in [6.45, 7) is 2.24. The third-order valence-corrected chi connectivity index (χ3v) is 5.48. The van der Waals surface area contributed by atoms with Gasteiger partial charge < -0.3 is 24.6 Å². The largest absolute Gasteiger partial charge is 0.395 e. The number of rotatable bonds is 6. The molecule has 2 aromatic rings. The van der Waals surface area contributed by atoms with E-state index in [4.69, 9.17) is 17.0 Å². The van der Waals surface area contributed by atoms with Crippen LogP contribution in [0.25, 0.3) is 0 Å². The van der Waals surface area contributed by atoms with Crippen LogP contribution in [-0.4, -0.2) is 50.5 Å². The Morgan fingerprint density at radius 2 is 2.23 bits per heavy atom. The van der Waals surface area contributed by atoms with E-state index in [2.05, 4.69) is 38.1 Å². The first-order chi connectivity index (χ1) is 12.8. The topological polar surface area (TPSA) is 62.5 Å². The third kappa shape index (κ3) is 3.34. The van der Waals surface area contributed by atoms with Crippen LogP contribution in [0.1, 0.15) is 36.3 Å². The van der Waals surface area contributed by atoms with Crippen molar-refractivity contribution in [2.24, 2.45) is 0 Å². The first kappa shape index (κ1) is 17.5. The molecule has 2 aliphatic rings. The van der Waals surface area contributed by atoms with Crippen molar-refractivity contribution >= 4 is 17.3 Å². The quantitative estimate of drug-likeness (QED) is 0.757. The number of hydrogen-bond acceptors (Lipinski definition) is 4. The molecule has 6 nitrogen and oxygen atoms in total. The highest BCUT2D eigenvalue weighted by Gasteiger charge is 2.40. The second-order valence-corrected chi connectivity index (χ2v) is 7.15. The molecule has 0 aliphatic carbocycles. The Kier molecular flexibility index (Phi) is 5.19. The maximum atomic E-state index is 9.54. The van der Waals surface area contributed by atoms with Gasteiger partial charge >= 0.3 is 0 Å². The van der Waals surface area contributed by atoms with Gasteiger partial charge in [-0.2, -0.15) is 0 Å². The Bertz CT molecular complexity index is 745. The molecule has 0 spiro atoms. The Hall–Kier alpha value is -1.96. The van der Waals surface area contributed by atoms with E-state index in [9.17, 15) is 5.11 Å². The molecule has 4 rings (SSSR count). The second kappa shape index (κ2) is 7.73. The van der Waals surface area contributed by atoms with Gasteiger partial charge in [-0.05, 0) is 49.3 Å². The van der Waals surface area contributed by atoms with Gasteiger partial charge in [-0.25, -0.2) is 0 Å². The van der Waals surface area contributed by atoms with Crippen molar-refractivity contribution in [3.63, 3.8) is 0 Å². The third-order valence-electron chi connectivity index (χ3n) is 5.13. The highest BCUT2D eigenvalue weighted by Crippen LogP contribution is 2.38. The van der Waals surface area contributed by atoms with E-state index in [1.807, 2.05) is 18.2 Å². The summed E-state index contributed by atoms with van der Waals surface area (Å²) in [5.74, 6) is 0. The second-order valence-electron chi connectivity index (χ2n) is 6.76. The van der Waals surface area contributed by atoms with Crippen LogP contribution in [0.3, 0.4) is 0 Å². The SMILES string of the molecule is OCCN1C(=S)N[C@H](c2ccccn2)[C@H]1c1cccn1C[C@@H]1CCCO1. The molecule has 4 heterocycles. The molecule has 2 aliphatic heterocycles. The molecule has 0 amide bonds. The number of hydrogen-bond donors (Lipinski definition) is 2. The maximum Gasteiger partial charge on any atom is 0.170 e. The fraction of sp³-hybridized carbons (Fsp3) is 0.474. The summed E-state index contributed by atoms with van der Waals surface area (Å²) in [7, 11) is 0. The van der Waals surface area contributed by atoms with Gasteiger partial charge in [0.25, 0.3) is 0 Å². The Morgan fingerprint density at radius 1 is 1.31 bits per heavy atom. The predicted octanol–water partition coefficient (Wildman–Crippen LogP) is 2.03. The smallest absolute Gasteiger partial charge is 0.170 e. The molecule has 0 bridgehead atoms. The van der Waals surface area contributed by atoms with E-state index in [0.29, 0.717) is 11.7 Å². The van der Waals surface area contributed by atoms with Crippen LogP contribution in [0, 0.1) is 0 Å². The van der Waals surface area contributed by atoms with Crippen LogP contribution in [0.2, 0.25) is 0 Å². The predicted molar refractivity (Wildman–Crippen MR) is 103 cm³/mol. The van der Waals surface area contributed by atoms with Gasteiger partial charge in [0.05, 0.1) is 30.5 Å². The molecule has 138 valence electrons. The fourth-order valence-electron chi connectivity index (χ4n) is 3.95. The van der Waals surface area contributed by atoms with Crippen LogP contribution >= 0.6 is 12.2 Å². The van der Waals surface area contributed by atoms with Gasteiger partial charge in [0.15, 0.2) is 5.11 Å². The molecule has 2 fully saturated rings. The fourth-order valence-corrected chi connectivity index (χ4v) is 4.28. The van der Waals surface area contributed by atoms with Crippen LogP contribution in [0.15, 0.2) is 42.7 Å². The van der Waals surface area contributed by atoms with Crippen molar-refractivity contribution in [2.75, 3.05) is 19.8 Å². The minimum absolute atomic E-state index is 0.0130.